The van der Waals surface area contributed by atoms with Gasteiger partial charge in [0, 0.05) is 10.2 Å². The fourth-order valence-corrected chi connectivity index (χ4v) is 1.88. The molecule has 0 radical (unpaired) electrons. The minimum Gasteiger partial charge on any atom is -0.299 e. The summed E-state index contributed by atoms with van der Waals surface area (Å²) >= 11 is 3.48. The molecule has 0 unspecified atom stereocenters. The Bertz CT molecular complexity index is 546. The molecule has 2 aromatic heterocycles. The molecule has 0 amide bonds. The zero-order valence-electron chi connectivity index (χ0n) is 8.00. The second-order valence-corrected chi connectivity index (χ2v) is 4.00. The summed E-state index contributed by atoms with van der Waals surface area (Å²) < 4.78 is 3.12. The van der Waals surface area contributed by atoms with Crippen molar-refractivity contribution in [3.8, 4) is 12.3 Å². The molecule has 2 nitrogen and oxygen atoms in total. The quantitative estimate of drug-likeness (QED) is 0.656. The van der Waals surface area contributed by atoms with Gasteiger partial charge in [-0.05, 0) is 47.8 Å². The molecular formula is C11H9BrN2. The number of halogens is 1. The number of hydrogen-bond acceptors (Lipinski definition) is 1. The van der Waals surface area contributed by atoms with Crippen molar-refractivity contribution in [3.05, 3.63) is 33.7 Å². The highest BCUT2D eigenvalue weighted by Crippen LogP contribution is 2.20. The van der Waals surface area contributed by atoms with Crippen LogP contribution in [0.15, 0.2) is 16.6 Å². The third kappa shape index (κ3) is 1.15. The van der Waals surface area contributed by atoms with Crippen molar-refractivity contribution in [3.63, 3.8) is 0 Å². The van der Waals surface area contributed by atoms with Crippen molar-refractivity contribution in [2.75, 3.05) is 0 Å². The van der Waals surface area contributed by atoms with E-state index in [1.165, 1.54) is 0 Å². The lowest BCUT2D eigenvalue weighted by molar-refractivity contribution is 1.03. The zero-order valence-corrected chi connectivity index (χ0v) is 9.59. The molecule has 3 heteroatoms. The van der Waals surface area contributed by atoms with Crippen LogP contribution in [0.2, 0.25) is 0 Å². The average Bonchev–Trinajstić information content (AvgIpc) is 2.50. The molecule has 0 aliphatic rings. The fourth-order valence-electron chi connectivity index (χ4n) is 1.57. The molecule has 2 aromatic rings. The van der Waals surface area contributed by atoms with E-state index >= 15 is 0 Å². The van der Waals surface area contributed by atoms with Crippen molar-refractivity contribution >= 4 is 21.6 Å². The third-order valence-electron chi connectivity index (χ3n) is 2.33. The highest BCUT2D eigenvalue weighted by atomic mass is 79.9. The first-order valence-electron chi connectivity index (χ1n) is 4.26. The van der Waals surface area contributed by atoms with Gasteiger partial charge in [0.1, 0.15) is 11.3 Å². The lowest BCUT2D eigenvalue weighted by Crippen LogP contribution is -1.94. The van der Waals surface area contributed by atoms with E-state index in [-0.39, 0.29) is 0 Å². The van der Waals surface area contributed by atoms with Crippen molar-refractivity contribution in [1.82, 2.24) is 9.38 Å². The van der Waals surface area contributed by atoms with Gasteiger partial charge in [-0.15, -0.1) is 6.42 Å². The molecule has 14 heavy (non-hydrogen) atoms. The lowest BCUT2D eigenvalue weighted by atomic mass is 10.3. The molecule has 70 valence electrons. The highest BCUT2D eigenvalue weighted by Gasteiger charge is 2.08. The maximum Gasteiger partial charge on any atom is 0.138 e. The van der Waals surface area contributed by atoms with Gasteiger partial charge in [0.2, 0.25) is 0 Å². The summed E-state index contributed by atoms with van der Waals surface area (Å²) in [5, 5.41) is 0. The summed E-state index contributed by atoms with van der Waals surface area (Å²) in [6.07, 6.45) is 5.37. The molecule has 0 bridgehead atoms. The van der Waals surface area contributed by atoms with Crippen molar-refractivity contribution in [2.24, 2.45) is 0 Å². The summed E-state index contributed by atoms with van der Waals surface area (Å²) in [4.78, 5) is 4.34. The first kappa shape index (κ1) is 9.29. The molecule has 2 heterocycles. The molecule has 0 spiro atoms. The van der Waals surface area contributed by atoms with E-state index in [4.69, 9.17) is 6.42 Å². The first-order valence-corrected chi connectivity index (χ1v) is 5.05. The Morgan fingerprint density at radius 3 is 2.71 bits per heavy atom. The Balaban J connectivity index is 2.96. The Morgan fingerprint density at radius 2 is 2.07 bits per heavy atom. The maximum absolute atomic E-state index is 5.37. The number of fused-ring (bicyclic) bond motifs is 1. The first-order chi connectivity index (χ1) is 6.65. The van der Waals surface area contributed by atoms with Crippen molar-refractivity contribution in [2.45, 2.75) is 13.8 Å². The molecule has 0 saturated carbocycles. The number of aryl methyl sites for hydroxylation is 2. The van der Waals surface area contributed by atoms with E-state index in [2.05, 4.69) is 31.2 Å². The van der Waals surface area contributed by atoms with Crippen LogP contribution in [0.1, 0.15) is 17.1 Å². The maximum atomic E-state index is 5.37. The Kier molecular flexibility index (Phi) is 2.09. The number of aromatic nitrogens is 2. The van der Waals surface area contributed by atoms with Gasteiger partial charge in [0.15, 0.2) is 0 Å². The van der Waals surface area contributed by atoms with Gasteiger partial charge in [-0.1, -0.05) is 0 Å². The van der Waals surface area contributed by atoms with Crippen LogP contribution in [0, 0.1) is 26.2 Å². The predicted octanol–water partition coefficient (Wildman–Crippen LogP) is 2.69. The van der Waals surface area contributed by atoms with Gasteiger partial charge in [-0.2, -0.15) is 0 Å². The van der Waals surface area contributed by atoms with Gasteiger partial charge in [0.05, 0.1) is 5.69 Å². The normalized spacial score (nSPS) is 10.4. The van der Waals surface area contributed by atoms with Crippen LogP contribution in [0.5, 0.6) is 0 Å². The second-order valence-electron chi connectivity index (χ2n) is 3.15. The zero-order chi connectivity index (χ0) is 10.3. The van der Waals surface area contributed by atoms with E-state index in [1.807, 2.05) is 26.0 Å². The Morgan fingerprint density at radius 1 is 1.36 bits per heavy atom. The van der Waals surface area contributed by atoms with Crippen LogP contribution >= 0.6 is 15.9 Å². The third-order valence-corrected chi connectivity index (χ3v) is 3.17. The summed E-state index contributed by atoms with van der Waals surface area (Å²) in [7, 11) is 0. The molecular weight excluding hydrogens is 240 g/mol. The summed E-state index contributed by atoms with van der Waals surface area (Å²) in [6, 6.07) is 3.93. The average molecular weight is 249 g/mol. The van der Waals surface area contributed by atoms with Crippen LogP contribution in [0.25, 0.3) is 5.65 Å². The number of pyridine rings is 1. The number of terminal acetylenes is 1. The van der Waals surface area contributed by atoms with Crippen LogP contribution in [0.4, 0.5) is 0 Å². The van der Waals surface area contributed by atoms with Crippen LogP contribution in [0.3, 0.4) is 0 Å². The molecule has 0 fully saturated rings. The standard InChI is InChI=1S/C11H9BrN2/c1-4-10-8(3)14-7(2)9(12)5-6-11(14)13-10/h1,5-6H,2-3H3. The number of rotatable bonds is 0. The topological polar surface area (TPSA) is 17.3 Å². The van der Waals surface area contributed by atoms with Gasteiger partial charge in [0.25, 0.3) is 0 Å². The molecule has 0 aliphatic heterocycles. The van der Waals surface area contributed by atoms with Crippen LogP contribution in [-0.4, -0.2) is 9.38 Å². The Hall–Kier alpha value is -1.27. The number of imidazole rings is 1. The van der Waals surface area contributed by atoms with E-state index in [0.717, 1.165) is 21.5 Å². The van der Waals surface area contributed by atoms with Crippen LogP contribution in [-0.2, 0) is 0 Å². The van der Waals surface area contributed by atoms with Gasteiger partial charge < -0.3 is 0 Å². The van der Waals surface area contributed by atoms with Gasteiger partial charge in [-0.25, -0.2) is 4.98 Å². The van der Waals surface area contributed by atoms with E-state index in [1.54, 1.807) is 0 Å². The van der Waals surface area contributed by atoms with E-state index in [0.29, 0.717) is 5.69 Å². The SMILES string of the molecule is C#Cc1nc2ccc(Br)c(C)n2c1C. The molecule has 0 aliphatic carbocycles. The molecule has 0 atom stereocenters. The fraction of sp³-hybridized carbons (Fsp3) is 0.182. The smallest absolute Gasteiger partial charge is 0.138 e. The molecule has 0 aromatic carbocycles. The van der Waals surface area contributed by atoms with Gasteiger partial charge in [-0.3, -0.25) is 4.40 Å². The number of hydrogen-bond donors (Lipinski definition) is 0. The van der Waals surface area contributed by atoms with Crippen molar-refractivity contribution in [1.29, 1.82) is 0 Å². The van der Waals surface area contributed by atoms with Crippen molar-refractivity contribution < 1.29 is 0 Å². The lowest BCUT2D eigenvalue weighted by Gasteiger charge is -2.03. The second kappa shape index (κ2) is 3.14. The summed E-state index contributed by atoms with van der Waals surface area (Å²) in [6.45, 7) is 4.01. The van der Waals surface area contributed by atoms with Gasteiger partial charge >= 0.3 is 0 Å². The van der Waals surface area contributed by atoms with E-state index in [9.17, 15) is 0 Å². The largest absolute Gasteiger partial charge is 0.299 e. The Labute approximate surface area is 91.1 Å². The van der Waals surface area contributed by atoms with E-state index < -0.39 is 0 Å². The highest BCUT2D eigenvalue weighted by molar-refractivity contribution is 9.10. The minimum atomic E-state index is 0.714. The van der Waals surface area contributed by atoms with Crippen LogP contribution < -0.4 is 0 Å². The molecule has 0 N–H and O–H groups in total. The predicted molar refractivity (Wildman–Crippen MR) is 60.3 cm³/mol. The summed E-state index contributed by atoms with van der Waals surface area (Å²) in [5.41, 5.74) is 3.75. The molecule has 0 saturated heterocycles. The number of nitrogens with zero attached hydrogens (tertiary/aromatic N) is 2. The summed E-state index contributed by atoms with van der Waals surface area (Å²) in [5.74, 6) is 2.58. The monoisotopic (exact) mass is 248 g/mol. The molecule has 2 rings (SSSR count). The minimum absolute atomic E-state index is 0.714.